The molecule has 23 heavy (non-hydrogen) atoms. The molecule has 1 aromatic heterocycles. The number of halogens is 1. The van der Waals surface area contributed by atoms with Gasteiger partial charge in [-0.1, -0.05) is 12.1 Å². The lowest BCUT2D eigenvalue weighted by Gasteiger charge is -2.09. The van der Waals surface area contributed by atoms with Crippen LogP contribution >= 0.6 is 15.9 Å². The molecule has 0 radical (unpaired) electrons. The van der Waals surface area contributed by atoms with E-state index >= 15 is 0 Å². The number of hydrogen-bond donors (Lipinski definition) is 0. The fourth-order valence-electron chi connectivity index (χ4n) is 2.29. The molecule has 1 aromatic carbocycles. The van der Waals surface area contributed by atoms with Crippen molar-refractivity contribution in [2.24, 2.45) is 0 Å². The average molecular weight is 381 g/mol. The number of para-hydroxylation sites is 1. The minimum Gasteiger partial charge on any atom is -0.484 e. The normalized spacial score (nSPS) is 17.2. The summed E-state index contributed by atoms with van der Waals surface area (Å²) in [7, 11) is 0. The number of furan rings is 1. The van der Waals surface area contributed by atoms with Crippen LogP contribution in [-0.4, -0.2) is 25.3 Å². The summed E-state index contributed by atoms with van der Waals surface area (Å²) in [5, 5.41) is 0. The smallest absolute Gasteiger partial charge is 0.374 e. The molecule has 6 heteroatoms. The zero-order valence-corrected chi connectivity index (χ0v) is 14.1. The van der Waals surface area contributed by atoms with Gasteiger partial charge in [0.1, 0.15) is 24.7 Å². The van der Waals surface area contributed by atoms with Gasteiger partial charge in [-0.15, -0.1) is 0 Å². The van der Waals surface area contributed by atoms with Crippen LogP contribution in [0.1, 0.15) is 29.2 Å². The number of carbonyl (C=O) groups excluding carboxylic acids is 1. The van der Waals surface area contributed by atoms with Crippen LogP contribution in [0.3, 0.4) is 0 Å². The van der Waals surface area contributed by atoms with Crippen molar-refractivity contribution in [3.05, 3.63) is 52.4 Å². The minimum atomic E-state index is -0.479. The van der Waals surface area contributed by atoms with Gasteiger partial charge >= 0.3 is 5.97 Å². The van der Waals surface area contributed by atoms with E-state index in [1.807, 2.05) is 24.3 Å². The second-order valence-electron chi connectivity index (χ2n) is 5.22. The number of esters is 1. The lowest BCUT2D eigenvalue weighted by atomic mass is 10.2. The topological polar surface area (TPSA) is 57.9 Å². The Morgan fingerprint density at radius 1 is 1.26 bits per heavy atom. The molecule has 2 aromatic rings. The SMILES string of the molecule is O=C(OC[C@@H]1CCCO1)c1ccc(COc2ccccc2Br)o1. The van der Waals surface area contributed by atoms with E-state index in [1.165, 1.54) is 0 Å². The second-order valence-corrected chi connectivity index (χ2v) is 6.07. The summed E-state index contributed by atoms with van der Waals surface area (Å²) in [5.41, 5.74) is 0. The van der Waals surface area contributed by atoms with E-state index in [1.54, 1.807) is 12.1 Å². The van der Waals surface area contributed by atoms with Gasteiger partial charge in [0.15, 0.2) is 0 Å². The lowest BCUT2D eigenvalue weighted by Crippen LogP contribution is -2.17. The molecule has 3 rings (SSSR count). The second kappa shape index (κ2) is 7.66. The molecule has 0 bridgehead atoms. The Balaban J connectivity index is 1.51. The maximum absolute atomic E-state index is 11.9. The Morgan fingerprint density at radius 2 is 2.13 bits per heavy atom. The van der Waals surface area contributed by atoms with Crippen molar-refractivity contribution < 1.29 is 23.4 Å². The van der Waals surface area contributed by atoms with Gasteiger partial charge in [-0.3, -0.25) is 0 Å². The molecule has 0 saturated carbocycles. The quantitative estimate of drug-likeness (QED) is 0.709. The van der Waals surface area contributed by atoms with Gasteiger partial charge in [0, 0.05) is 6.61 Å². The fourth-order valence-corrected chi connectivity index (χ4v) is 2.69. The molecule has 0 spiro atoms. The highest BCUT2D eigenvalue weighted by atomic mass is 79.9. The zero-order chi connectivity index (χ0) is 16.1. The Bertz CT molecular complexity index is 661. The lowest BCUT2D eigenvalue weighted by molar-refractivity contribution is 0.0134. The number of rotatable bonds is 6. The molecule has 1 aliphatic rings. The highest BCUT2D eigenvalue weighted by Crippen LogP contribution is 2.25. The first-order valence-electron chi connectivity index (χ1n) is 7.47. The van der Waals surface area contributed by atoms with E-state index in [4.69, 9.17) is 18.6 Å². The molecule has 1 fully saturated rings. The molecule has 0 aliphatic carbocycles. The van der Waals surface area contributed by atoms with Gasteiger partial charge in [0.05, 0.1) is 10.6 Å². The molecule has 5 nitrogen and oxygen atoms in total. The van der Waals surface area contributed by atoms with E-state index in [0.29, 0.717) is 11.5 Å². The van der Waals surface area contributed by atoms with E-state index in [9.17, 15) is 4.79 Å². The summed E-state index contributed by atoms with van der Waals surface area (Å²) in [4.78, 5) is 11.9. The number of carbonyl (C=O) groups is 1. The van der Waals surface area contributed by atoms with Crippen LogP contribution in [-0.2, 0) is 16.1 Å². The predicted octanol–water partition coefficient (Wildman–Crippen LogP) is 3.96. The molecule has 1 saturated heterocycles. The highest BCUT2D eigenvalue weighted by Gasteiger charge is 2.19. The van der Waals surface area contributed by atoms with Crippen LogP contribution in [0.5, 0.6) is 5.75 Å². The average Bonchev–Trinajstić information content (AvgIpc) is 3.23. The van der Waals surface area contributed by atoms with E-state index in [2.05, 4.69) is 15.9 Å². The number of hydrogen-bond acceptors (Lipinski definition) is 5. The number of benzene rings is 1. The van der Waals surface area contributed by atoms with Gasteiger partial charge < -0.3 is 18.6 Å². The van der Waals surface area contributed by atoms with Crippen molar-refractivity contribution in [2.75, 3.05) is 13.2 Å². The Kier molecular flexibility index (Phi) is 5.35. The third-order valence-electron chi connectivity index (χ3n) is 3.49. The van der Waals surface area contributed by atoms with Crippen molar-refractivity contribution in [3.8, 4) is 5.75 Å². The molecule has 0 N–H and O–H groups in total. The van der Waals surface area contributed by atoms with Crippen LogP contribution < -0.4 is 4.74 Å². The Morgan fingerprint density at radius 3 is 2.91 bits per heavy atom. The van der Waals surface area contributed by atoms with Crippen LogP contribution in [0.2, 0.25) is 0 Å². The van der Waals surface area contributed by atoms with Crippen molar-refractivity contribution >= 4 is 21.9 Å². The third kappa shape index (κ3) is 4.36. The summed E-state index contributed by atoms with van der Waals surface area (Å²) < 4.78 is 22.6. The van der Waals surface area contributed by atoms with Crippen LogP contribution in [0, 0.1) is 0 Å². The third-order valence-corrected chi connectivity index (χ3v) is 4.15. The molecular weight excluding hydrogens is 364 g/mol. The maximum Gasteiger partial charge on any atom is 0.374 e. The summed E-state index contributed by atoms with van der Waals surface area (Å²) in [6.07, 6.45) is 1.95. The predicted molar refractivity (Wildman–Crippen MR) is 86.4 cm³/mol. The molecular formula is C17H17BrO5. The monoisotopic (exact) mass is 380 g/mol. The van der Waals surface area contributed by atoms with Crippen LogP contribution in [0.4, 0.5) is 0 Å². The van der Waals surface area contributed by atoms with Gasteiger partial charge in [0.25, 0.3) is 0 Å². The summed E-state index contributed by atoms with van der Waals surface area (Å²) in [6, 6.07) is 10.8. The molecule has 1 aliphatic heterocycles. The van der Waals surface area contributed by atoms with Gasteiger partial charge in [-0.05, 0) is 53.0 Å². The van der Waals surface area contributed by atoms with Crippen molar-refractivity contribution in [3.63, 3.8) is 0 Å². The first-order valence-corrected chi connectivity index (χ1v) is 8.26. The molecule has 0 unspecified atom stereocenters. The van der Waals surface area contributed by atoms with Crippen molar-refractivity contribution in [1.29, 1.82) is 0 Å². The van der Waals surface area contributed by atoms with E-state index in [-0.39, 0.29) is 25.1 Å². The highest BCUT2D eigenvalue weighted by molar-refractivity contribution is 9.10. The Labute approximate surface area is 142 Å². The first kappa shape index (κ1) is 16.1. The fraction of sp³-hybridized carbons (Fsp3) is 0.353. The standard InChI is InChI=1S/C17H17BrO5/c18-14-5-1-2-6-15(14)21-11-13-7-8-16(23-13)17(19)22-10-12-4-3-9-20-12/h1-2,5-8,12H,3-4,9-11H2/t12-/m0/s1. The molecule has 0 amide bonds. The van der Waals surface area contributed by atoms with E-state index in [0.717, 1.165) is 23.9 Å². The van der Waals surface area contributed by atoms with Crippen molar-refractivity contribution in [1.82, 2.24) is 0 Å². The van der Waals surface area contributed by atoms with Crippen molar-refractivity contribution in [2.45, 2.75) is 25.6 Å². The summed E-state index contributed by atoms with van der Waals surface area (Å²) in [6.45, 7) is 1.24. The van der Waals surface area contributed by atoms with Gasteiger partial charge in [-0.2, -0.15) is 0 Å². The first-order chi connectivity index (χ1) is 11.2. The largest absolute Gasteiger partial charge is 0.484 e. The number of ether oxygens (including phenoxy) is 3. The Hall–Kier alpha value is -1.79. The summed E-state index contributed by atoms with van der Waals surface area (Å²) >= 11 is 3.41. The maximum atomic E-state index is 11.9. The van der Waals surface area contributed by atoms with E-state index < -0.39 is 5.97 Å². The molecule has 2 heterocycles. The molecule has 1 atom stereocenters. The zero-order valence-electron chi connectivity index (χ0n) is 12.5. The van der Waals surface area contributed by atoms with Gasteiger partial charge in [0.2, 0.25) is 5.76 Å². The summed E-state index contributed by atoms with van der Waals surface area (Å²) in [5.74, 6) is 0.970. The van der Waals surface area contributed by atoms with Crippen LogP contribution in [0.25, 0.3) is 0 Å². The minimum absolute atomic E-state index is 0.00662. The van der Waals surface area contributed by atoms with Crippen LogP contribution in [0.15, 0.2) is 45.3 Å². The van der Waals surface area contributed by atoms with Gasteiger partial charge in [-0.25, -0.2) is 4.79 Å². The molecule has 122 valence electrons.